The molecule has 1 aromatic carbocycles. The van der Waals surface area contributed by atoms with E-state index in [1.165, 1.54) is 7.11 Å². The van der Waals surface area contributed by atoms with Crippen LogP contribution in [-0.2, 0) is 9.53 Å². The molecule has 0 radical (unpaired) electrons. The lowest BCUT2D eigenvalue weighted by Crippen LogP contribution is -2.48. The quantitative estimate of drug-likeness (QED) is 0.467. The molecule has 1 heterocycles. The molecule has 6 heteroatoms. The fourth-order valence-electron chi connectivity index (χ4n) is 2.15. The number of carbonyl (C=O) groups excluding carboxylic acids is 1. The van der Waals surface area contributed by atoms with Gasteiger partial charge in [-0.1, -0.05) is 23.9 Å². The summed E-state index contributed by atoms with van der Waals surface area (Å²) in [5.41, 5.74) is 1.41. The van der Waals surface area contributed by atoms with E-state index in [1.807, 2.05) is 31.2 Å². The number of para-hydroxylation sites is 2. The van der Waals surface area contributed by atoms with Gasteiger partial charge in [0.1, 0.15) is 5.54 Å². The highest BCUT2D eigenvalue weighted by atomic mass is 32.2. The normalized spacial score (nSPS) is 14.0. The van der Waals surface area contributed by atoms with Gasteiger partial charge in [-0.3, -0.25) is 4.79 Å². The van der Waals surface area contributed by atoms with E-state index in [1.54, 1.807) is 18.8 Å². The van der Waals surface area contributed by atoms with Crippen molar-refractivity contribution >= 4 is 28.8 Å². The maximum absolute atomic E-state index is 11.7. The van der Waals surface area contributed by atoms with Crippen LogP contribution in [0.15, 0.2) is 29.4 Å². The largest absolute Gasteiger partial charge is 0.468 e. The zero-order chi connectivity index (χ0) is 15.3. The number of ether oxygens (including phenoxy) is 1. The Bertz CT molecular complexity index is 581. The number of hydrogen-bond donors (Lipinski definition) is 2. The fraction of sp³-hybridized carbons (Fsp3) is 0.467. The first kappa shape index (κ1) is 15.9. The molecule has 1 atom stereocenters. The van der Waals surface area contributed by atoms with Crippen molar-refractivity contribution in [1.29, 1.82) is 0 Å². The number of carbonyl (C=O) groups is 1. The van der Waals surface area contributed by atoms with Crippen LogP contribution in [0.4, 0.5) is 0 Å². The van der Waals surface area contributed by atoms with E-state index >= 15 is 0 Å². The summed E-state index contributed by atoms with van der Waals surface area (Å²) in [4.78, 5) is 19.5. The lowest BCUT2D eigenvalue weighted by Gasteiger charge is -2.25. The zero-order valence-electron chi connectivity index (χ0n) is 12.6. The van der Waals surface area contributed by atoms with Gasteiger partial charge in [0.05, 0.1) is 18.1 Å². The lowest BCUT2D eigenvalue weighted by atomic mass is 9.97. The second-order valence-electron chi connectivity index (χ2n) is 5.08. The average Bonchev–Trinajstić information content (AvgIpc) is 2.93. The highest BCUT2D eigenvalue weighted by Crippen LogP contribution is 2.22. The summed E-state index contributed by atoms with van der Waals surface area (Å²) in [7, 11) is 3.20. The molecule has 0 amide bonds. The second kappa shape index (κ2) is 6.95. The number of rotatable bonds is 7. The highest BCUT2D eigenvalue weighted by Gasteiger charge is 2.31. The molecular weight excluding hydrogens is 286 g/mol. The molecule has 0 fully saturated rings. The number of H-pyrrole nitrogens is 1. The van der Waals surface area contributed by atoms with Crippen molar-refractivity contribution in [3.8, 4) is 0 Å². The minimum absolute atomic E-state index is 0.223. The Morgan fingerprint density at radius 1 is 1.48 bits per heavy atom. The third-order valence-electron chi connectivity index (χ3n) is 3.62. The van der Waals surface area contributed by atoms with Gasteiger partial charge in [-0.05, 0) is 38.9 Å². The maximum atomic E-state index is 11.7. The van der Waals surface area contributed by atoms with Crippen molar-refractivity contribution in [2.24, 2.45) is 0 Å². The van der Waals surface area contributed by atoms with Gasteiger partial charge >= 0.3 is 5.97 Å². The molecule has 2 N–H and O–H groups in total. The molecule has 0 saturated heterocycles. The minimum Gasteiger partial charge on any atom is -0.468 e. The van der Waals surface area contributed by atoms with Gasteiger partial charge in [0.2, 0.25) is 0 Å². The van der Waals surface area contributed by atoms with Crippen LogP contribution in [0.5, 0.6) is 0 Å². The van der Waals surface area contributed by atoms with Gasteiger partial charge in [0, 0.05) is 5.75 Å². The molecule has 5 nitrogen and oxygen atoms in total. The lowest BCUT2D eigenvalue weighted by molar-refractivity contribution is -0.148. The van der Waals surface area contributed by atoms with Crippen LogP contribution in [0.2, 0.25) is 0 Å². The Morgan fingerprint density at radius 3 is 2.90 bits per heavy atom. The molecule has 1 unspecified atom stereocenters. The molecule has 0 aliphatic carbocycles. The first-order valence-electron chi connectivity index (χ1n) is 6.94. The average molecular weight is 307 g/mol. The summed E-state index contributed by atoms with van der Waals surface area (Å²) >= 11 is 1.67. The van der Waals surface area contributed by atoms with Crippen LogP contribution in [0.25, 0.3) is 11.0 Å². The fourth-order valence-corrected chi connectivity index (χ4v) is 2.97. The van der Waals surface area contributed by atoms with Crippen molar-refractivity contribution < 1.29 is 9.53 Å². The van der Waals surface area contributed by atoms with Gasteiger partial charge < -0.3 is 15.0 Å². The summed E-state index contributed by atoms with van der Waals surface area (Å²) in [6.45, 7) is 1.87. The molecule has 114 valence electrons. The summed E-state index contributed by atoms with van der Waals surface area (Å²) in [5, 5.41) is 3.96. The minimum atomic E-state index is -0.622. The molecule has 0 aliphatic rings. The molecule has 0 bridgehead atoms. The van der Waals surface area contributed by atoms with Crippen LogP contribution < -0.4 is 5.32 Å². The summed E-state index contributed by atoms with van der Waals surface area (Å²) in [6.07, 6.45) is 1.62. The van der Waals surface area contributed by atoms with Crippen molar-refractivity contribution in [3.05, 3.63) is 24.3 Å². The Labute approximate surface area is 128 Å². The van der Waals surface area contributed by atoms with Crippen molar-refractivity contribution in [1.82, 2.24) is 15.3 Å². The first-order chi connectivity index (χ1) is 10.1. The number of benzene rings is 1. The van der Waals surface area contributed by atoms with E-state index < -0.39 is 5.54 Å². The van der Waals surface area contributed by atoms with E-state index in [-0.39, 0.29) is 5.97 Å². The number of esters is 1. The Morgan fingerprint density at radius 2 is 2.24 bits per heavy atom. The summed E-state index contributed by atoms with van der Waals surface area (Å²) in [6, 6.07) is 7.98. The first-order valence-corrected chi connectivity index (χ1v) is 7.92. The molecular formula is C15H21N3O2S. The topological polar surface area (TPSA) is 67.0 Å². The number of aromatic nitrogens is 2. The molecule has 0 aliphatic heterocycles. The molecule has 21 heavy (non-hydrogen) atoms. The second-order valence-corrected chi connectivity index (χ2v) is 6.17. The molecule has 0 saturated carbocycles. The van der Waals surface area contributed by atoms with Gasteiger partial charge in [-0.2, -0.15) is 0 Å². The zero-order valence-corrected chi connectivity index (χ0v) is 13.4. The molecule has 0 spiro atoms. The van der Waals surface area contributed by atoms with Crippen LogP contribution in [-0.4, -0.2) is 41.4 Å². The van der Waals surface area contributed by atoms with E-state index in [4.69, 9.17) is 4.74 Å². The number of aromatic amines is 1. The monoisotopic (exact) mass is 307 g/mol. The van der Waals surface area contributed by atoms with Crippen molar-refractivity contribution in [2.75, 3.05) is 19.9 Å². The Kier molecular flexibility index (Phi) is 5.25. The molecule has 2 aromatic rings. The number of likely N-dealkylation sites (N-methyl/N-ethyl adjacent to an activating group) is 1. The Balaban J connectivity index is 1.85. The van der Waals surface area contributed by atoms with Crippen LogP contribution in [0, 0.1) is 0 Å². The third kappa shape index (κ3) is 3.77. The van der Waals surface area contributed by atoms with Crippen LogP contribution in [0.1, 0.15) is 19.8 Å². The van der Waals surface area contributed by atoms with E-state index in [2.05, 4.69) is 15.3 Å². The van der Waals surface area contributed by atoms with E-state index in [0.717, 1.165) is 34.8 Å². The smallest absolute Gasteiger partial charge is 0.325 e. The Hall–Kier alpha value is -1.53. The van der Waals surface area contributed by atoms with Gasteiger partial charge in [-0.15, -0.1) is 0 Å². The van der Waals surface area contributed by atoms with Crippen LogP contribution >= 0.6 is 11.8 Å². The standard InChI is InChI=1S/C15H21N3O2S/c1-15(16-2,13(19)20-3)9-6-10-21-14-17-11-7-4-5-8-12(11)18-14/h4-5,7-8,16H,6,9-10H2,1-3H3,(H,17,18). The number of nitrogens with one attached hydrogen (secondary N) is 2. The third-order valence-corrected chi connectivity index (χ3v) is 4.57. The van der Waals surface area contributed by atoms with E-state index in [0.29, 0.717) is 0 Å². The van der Waals surface area contributed by atoms with Gasteiger partial charge in [0.15, 0.2) is 5.16 Å². The number of fused-ring (bicyclic) bond motifs is 1. The summed E-state index contributed by atoms with van der Waals surface area (Å²) in [5.74, 6) is 0.674. The van der Waals surface area contributed by atoms with Crippen molar-refractivity contribution in [3.63, 3.8) is 0 Å². The predicted molar refractivity (Wildman–Crippen MR) is 85.5 cm³/mol. The summed E-state index contributed by atoms with van der Waals surface area (Å²) < 4.78 is 4.83. The number of hydrogen-bond acceptors (Lipinski definition) is 5. The maximum Gasteiger partial charge on any atom is 0.325 e. The molecule has 2 rings (SSSR count). The number of nitrogens with zero attached hydrogens (tertiary/aromatic N) is 1. The SMILES string of the molecule is CNC(C)(CCCSc1nc2ccccc2[nH]1)C(=O)OC. The highest BCUT2D eigenvalue weighted by molar-refractivity contribution is 7.99. The number of imidazole rings is 1. The number of thioether (sulfide) groups is 1. The number of methoxy groups -OCH3 is 1. The van der Waals surface area contributed by atoms with Gasteiger partial charge in [0.25, 0.3) is 0 Å². The molecule has 1 aromatic heterocycles. The van der Waals surface area contributed by atoms with Crippen molar-refractivity contribution in [2.45, 2.75) is 30.5 Å². The van der Waals surface area contributed by atoms with Crippen LogP contribution in [0.3, 0.4) is 0 Å². The van der Waals surface area contributed by atoms with Gasteiger partial charge in [-0.25, -0.2) is 4.98 Å². The van der Waals surface area contributed by atoms with E-state index in [9.17, 15) is 4.79 Å². The predicted octanol–water partition coefficient (Wildman–Crippen LogP) is 2.59.